The van der Waals surface area contributed by atoms with Crippen LogP contribution < -0.4 is 33.7 Å². The number of nitrogens with one attached hydrogen (secondary N) is 4. The molecule has 2 fully saturated rings. The third kappa shape index (κ3) is 6.66. The van der Waals surface area contributed by atoms with Crippen LogP contribution in [0.25, 0.3) is 0 Å². The third-order valence-corrected chi connectivity index (χ3v) is 6.43. The molecule has 4 rings (SSSR count). The molecule has 7 heteroatoms. The number of nitrogens with zero attached hydrogens (tertiary/aromatic N) is 1. The normalized spacial score (nSPS) is 31.6. The molecule has 2 bridgehead atoms. The van der Waals surface area contributed by atoms with Gasteiger partial charge in [-0.2, -0.15) is 0 Å². The minimum atomic E-state index is 0. The summed E-state index contributed by atoms with van der Waals surface area (Å²) in [5, 5.41) is 15.2. The van der Waals surface area contributed by atoms with Crippen LogP contribution in [0.2, 0.25) is 0 Å². The van der Waals surface area contributed by atoms with Gasteiger partial charge < -0.3 is 33.7 Å². The van der Waals surface area contributed by atoms with Gasteiger partial charge in [0.25, 0.3) is 0 Å². The van der Waals surface area contributed by atoms with Gasteiger partial charge in [-0.3, -0.25) is 4.98 Å². The van der Waals surface area contributed by atoms with Crippen LogP contribution in [0.1, 0.15) is 62.8 Å². The Kier molecular flexibility index (Phi) is 10.7. The number of hydrogen-bond acceptors (Lipinski definition) is 5. The molecular formula is C21H35ClMnN5+. The maximum atomic E-state index is 4.89. The van der Waals surface area contributed by atoms with Crippen LogP contribution in [-0.2, 0) is 30.2 Å². The summed E-state index contributed by atoms with van der Waals surface area (Å²) in [4.78, 5) is 4.89. The first kappa shape index (κ1) is 24.1. The van der Waals surface area contributed by atoms with E-state index in [0.717, 1.165) is 26.2 Å². The van der Waals surface area contributed by atoms with E-state index >= 15 is 0 Å². The van der Waals surface area contributed by atoms with E-state index < -0.39 is 0 Å². The Bertz CT molecular complexity index is 530. The second-order valence-electron chi connectivity index (χ2n) is 8.29. The standard InChI is InChI=1S/C21H35N5.ClH.Mn/c1-3-10-20-18(8-1)22-12-13-23-19-9-2-4-11-21(19)25-15-17-7-5-6-16(26-17)14-24-20;;/h5-7,18-25H,1-4,8-15H2;1H;/q;;+2/p-1/t18-,19-,20-,21-;;/m0../s1. The molecule has 28 heavy (non-hydrogen) atoms. The number of pyridine rings is 1. The fraction of sp³-hybridized carbons (Fsp3) is 0.762. The average Bonchev–Trinajstić information content (AvgIpc) is 2.69. The predicted octanol–water partition coefficient (Wildman–Crippen LogP) is -0.922. The molecule has 1 radical (unpaired) electrons. The van der Waals surface area contributed by atoms with Gasteiger partial charge in [-0.1, -0.05) is 31.7 Å². The molecule has 157 valence electrons. The van der Waals surface area contributed by atoms with Gasteiger partial charge in [0.15, 0.2) is 0 Å². The van der Waals surface area contributed by atoms with Crippen molar-refractivity contribution in [2.75, 3.05) is 13.1 Å². The van der Waals surface area contributed by atoms with Gasteiger partial charge in [-0.15, -0.1) is 0 Å². The summed E-state index contributed by atoms with van der Waals surface area (Å²) < 4.78 is 0. The van der Waals surface area contributed by atoms with Gasteiger partial charge in [0.2, 0.25) is 0 Å². The fourth-order valence-corrected chi connectivity index (χ4v) is 4.95. The molecule has 0 spiro atoms. The Labute approximate surface area is 186 Å². The van der Waals surface area contributed by atoms with Crippen LogP contribution in [0.15, 0.2) is 18.2 Å². The topological polar surface area (TPSA) is 61.0 Å². The summed E-state index contributed by atoms with van der Waals surface area (Å²) in [7, 11) is 0. The summed E-state index contributed by atoms with van der Waals surface area (Å²) in [6.45, 7) is 3.89. The number of aromatic nitrogens is 1. The summed E-state index contributed by atoms with van der Waals surface area (Å²) in [6, 6.07) is 8.81. The Balaban J connectivity index is 0.00000140. The molecule has 0 amide bonds. The molecule has 3 aliphatic rings. The molecule has 2 heterocycles. The molecule has 1 aliphatic heterocycles. The Morgan fingerprint density at radius 1 is 0.643 bits per heavy atom. The first-order valence-electron chi connectivity index (χ1n) is 10.8. The third-order valence-electron chi connectivity index (χ3n) is 6.43. The van der Waals surface area contributed by atoms with Crippen molar-refractivity contribution < 1.29 is 29.5 Å². The van der Waals surface area contributed by atoms with Crippen LogP contribution in [-0.4, -0.2) is 42.2 Å². The van der Waals surface area contributed by atoms with Gasteiger partial charge in [0.1, 0.15) is 0 Å². The second kappa shape index (κ2) is 12.5. The van der Waals surface area contributed by atoms with Gasteiger partial charge in [0, 0.05) is 50.3 Å². The zero-order chi connectivity index (χ0) is 17.6. The number of hydrogen-bond donors (Lipinski definition) is 4. The van der Waals surface area contributed by atoms with Crippen LogP contribution in [0, 0.1) is 0 Å². The summed E-state index contributed by atoms with van der Waals surface area (Å²) in [5.41, 5.74) is 2.34. The summed E-state index contributed by atoms with van der Waals surface area (Å²) in [5.74, 6) is 0. The van der Waals surface area contributed by atoms with Crippen molar-refractivity contribution in [3.8, 4) is 0 Å². The zero-order valence-corrected chi connectivity index (χ0v) is 18.7. The Hall–Kier alpha value is -0.201. The maximum absolute atomic E-state index is 4.89. The van der Waals surface area contributed by atoms with E-state index in [1.165, 1.54) is 62.8 Å². The Morgan fingerprint density at radius 3 is 1.46 bits per heavy atom. The molecule has 2 saturated carbocycles. The van der Waals surface area contributed by atoms with Crippen molar-refractivity contribution in [3.63, 3.8) is 0 Å². The number of halogens is 1. The first-order chi connectivity index (χ1) is 12.9. The van der Waals surface area contributed by atoms with Crippen molar-refractivity contribution in [1.29, 1.82) is 0 Å². The van der Waals surface area contributed by atoms with Crippen LogP contribution >= 0.6 is 0 Å². The van der Waals surface area contributed by atoms with Crippen molar-refractivity contribution >= 4 is 0 Å². The molecule has 0 aromatic carbocycles. The van der Waals surface area contributed by atoms with Crippen molar-refractivity contribution in [2.24, 2.45) is 0 Å². The van der Waals surface area contributed by atoms with Crippen molar-refractivity contribution in [3.05, 3.63) is 29.6 Å². The van der Waals surface area contributed by atoms with Crippen LogP contribution in [0.3, 0.4) is 0 Å². The molecule has 0 unspecified atom stereocenters. The Morgan fingerprint density at radius 2 is 1.04 bits per heavy atom. The molecule has 4 N–H and O–H groups in total. The SMILES string of the molecule is [Cl-].[Mn+2].c1cc2nc(c1)CN[C@H]1CCCC[C@@H]1NCCN[C@H]1CCCC[C@@H]1NC2. The molecule has 1 aromatic rings. The van der Waals surface area contributed by atoms with Gasteiger partial charge >= 0.3 is 17.1 Å². The molecule has 2 aliphatic carbocycles. The molecular weight excluding hydrogens is 413 g/mol. The fourth-order valence-electron chi connectivity index (χ4n) is 4.95. The van der Waals surface area contributed by atoms with Gasteiger partial charge in [-0.25, -0.2) is 0 Å². The molecule has 5 nitrogen and oxygen atoms in total. The number of rotatable bonds is 0. The van der Waals surface area contributed by atoms with Gasteiger partial charge in [0.05, 0.1) is 11.4 Å². The number of fused-ring (bicyclic) bond motifs is 4. The van der Waals surface area contributed by atoms with E-state index in [1.54, 1.807) is 0 Å². The van der Waals surface area contributed by atoms with Crippen LogP contribution in [0.4, 0.5) is 0 Å². The average molecular weight is 448 g/mol. The monoisotopic (exact) mass is 447 g/mol. The van der Waals surface area contributed by atoms with E-state index in [1.807, 2.05) is 0 Å². The first-order valence-corrected chi connectivity index (χ1v) is 10.8. The van der Waals surface area contributed by atoms with E-state index in [-0.39, 0.29) is 29.5 Å². The van der Waals surface area contributed by atoms with Gasteiger partial charge in [-0.05, 0) is 37.8 Å². The summed E-state index contributed by atoms with van der Waals surface area (Å²) in [6.07, 6.45) is 10.5. The minimum Gasteiger partial charge on any atom is -1.00 e. The predicted molar refractivity (Wildman–Crippen MR) is 106 cm³/mol. The van der Waals surface area contributed by atoms with E-state index in [9.17, 15) is 0 Å². The second-order valence-corrected chi connectivity index (χ2v) is 8.29. The molecule has 0 saturated heterocycles. The summed E-state index contributed by atoms with van der Waals surface area (Å²) >= 11 is 0. The largest absolute Gasteiger partial charge is 2.00 e. The molecule has 4 atom stereocenters. The van der Waals surface area contributed by atoms with E-state index in [2.05, 4.69) is 39.5 Å². The van der Waals surface area contributed by atoms with Crippen molar-refractivity contribution in [1.82, 2.24) is 26.3 Å². The zero-order valence-electron chi connectivity index (χ0n) is 16.7. The minimum absolute atomic E-state index is 0. The maximum Gasteiger partial charge on any atom is 2.00 e. The van der Waals surface area contributed by atoms with E-state index in [0.29, 0.717) is 24.2 Å². The molecule has 1 aromatic heterocycles. The van der Waals surface area contributed by atoms with E-state index in [4.69, 9.17) is 4.98 Å². The smallest absolute Gasteiger partial charge is 1.00 e. The van der Waals surface area contributed by atoms with Crippen molar-refractivity contribution in [2.45, 2.75) is 88.6 Å². The van der Waals surface area contributed by atoms with Crippen LogP contribution in [0.5, 0.6) is 0 Å². The quantitative estimate of drug-likeness (QED) is 0.387.